The third-order valence-corrected chi connectivity index (χ3v) is 5.81. The number of benzene rings is 2. The Morgan fingerprint density at radius 2 is 1.92 bits per heavy atom. The lowest BCUT2D eigenvalue weighted by molar-refractivity contribution is -0.384. The standard InChI is InChI=1S/C27H25N3O6/c1-17-23(26(31)35-3)25(21-8-6-9-22(15-21)30(33)34)24(18(2)29-17)27(32)36-14-5-4-7-19-10-12-20(16-28)13-11-19/h4,6-13,15,23,25H,5,14H2,1-3H3. The number of hydrogen-bond acceptors (Lipinski definition) is 8. The quantitative estimate of drug-likeness (QED) is 0.227. The number of allylic oxidation sites excluding steroid dienone is 1. The van der Waals surface area contributed by atoms with Gasteiger partial charge in [-0.3, -0.25) is 19.9 Å². The zero-order valence-electron chi connectivity index (χ0n) is 20.1. The molecule has 0 spiro atoms. The van der Waals surface area contributed by atoms with Crippen molar-refractivity contribution in [3.8, 4) is 6.07 Å². The first-order valence-corrected chi connectivity index (χ1v) is 11.2. The Kier molecular flexibility index (Phi) is 8.47. The van der Waals surface area contributed by atoms with E-state index in [2.05, 4.69) is 11.1 Å². The van der Waals surface area contributed by atoms with Gasteiger partial charge in [-0.2, -0.15) is 5.26 Å². The topological polar surface area (TPSA) is 132 Å². The Morgan fingerprint density at radius 1 is 1.19 bits per heavy atom. The summed E-state index contributed by atoms with van der Waals surface area (Å²) in [6.45, 7) is 3.38. The lowest BCUT2D eigenvalue weighted by Gasteiger charge is -2.31. The number of carbonyl (C=O) groups is 2. The molecule has 2 atom stereocenters. The van der Waals surface area contributed by atoms with E-state index < -0.39 is 28.7 Å². The number of nitriles is 1. The fourth-order valence-corrected chi connectivity index (χ4v) is 4.11. The number of nitro groups is 1. The van der Waals surface area contributed by atoms with E-state index in [4.69, 9.17) is 14.7 Å². The molecule has 1 heterocycles. The zero-order chi connectivity index (χ0) is 26.2. The van der Waals surface area contributed by atoms with Crippen molar-refractivity contribution in [1.29, 1.82) is 5.26 Å². The maximum Gasteiger partial charge on any atom is 0.336 e. The number of aliphatic imine (C=N–C) groups is 1. The molecule has 2 aromatic carbocycles. The molecule has 36 heavy (non-hydrogen) atoms. The molecule has 9 heteroatoms. The average molecular weight is 488 g/mol. The monoisotopic (exact) mass is 487 g/mol. The second-order valence-corrected chi connectivity index (χ2v) is 8.14. The minimum absolute atomic E-state index is 0.0790. The van der Waals surface area contributed by atoms with Crippen molar-refractivity contribution in [1.82, 2.24) is 0 Å². The average Bonchev–Trinajstić information content (AvgIpc) is 2.87. The van der Waals surface area contributed by atoms with Crippen LogP contribution < -0.4 is 0 Å². The fourth-order valence-electron chi connectivity index (χ4n) is 4.11. The van der Waals surface area contributed by atoms with E-state index in [-0.39, 0.29) is 17.9 Å². The maximum atomic E-state index is 13.2. The molecule has 1 aliphatic rings. The normalized spacial score (nSPS) is 17.3. The van der Waals surface area contributed by atoms with Crippen molar-refractivity contribution in [2.75, 3.05) is 13.7 Å². The first kappa shape index (κ1) is 26.0. The van der Waals surface area contributed by atoms with Crippen molar-refractivity contribution < 1.29 is 24.0 Å². The molecule has 2 aromatic rings. The van der Waals surface area contributed by atoms with Crippen LogP contribution in [0.15, 0.2) is 70.9 Å². The number of methoxy groups -OCH3 is 1. The van der Waals surface area contributed by atoms with Crippen molar-refractivity contribution in [2.45, 2.75) is 26.2 Å². The predicted molar refractivity (Wildman–Crippen MR) is 133 cm³/mol. The largest absolute Gasteiger partial charge is 0.468 e. The van der Waals surface area contributed by atoms with Crippen molar-refractivity contribution >= 4 is 29.4 Å². The van der Waals surface area contributed by atoms with Crippen LogP contribution in [0.4, 0.5) is 5.69 Å². The molecule has 0 aliphatic carbocycles. The highest BCUT2D eigenvalue weighted by Crippen LogP contribution is 2.40. The van der Waals surface area contributed by atoms with Gasteiger partial charge in [-0.05, 0) is 43.5 Å². The molecule has 0 fully saturated rings. The molecule has 0 saturated heterocycles. The Balaban J connectivity index is 1.82. The summed E-state index contributed by atoms with van der Waals surface area (Å²) in [5.74, 6) is -3.03. The van der Waals surface area contributed by atoms with E-state index >= 15 is 0 Å². The Hall–Kier alpha value is -4.58. The van der Waals surface area contributed by atoms with Gasteiger partial charge in [0.1, 0.15) is 5.92 Å². The number of rotatable bonds is 8. The van der Waals surface area contributed by atoms with Gasteiger partial charge in [-0.25, -0.2) is 4.79 Å². The van der Waals surface area contributed by atoms with Crippen LogP contribution in [-0.4, -0.2) is 36.3 Å². The van der Waals surface area contributed by atoms with Crippen molar-refractivity contribution in [3.63, 3.8) is 0 Å². The second kappa shape index (κ2) is 11.7. The summed E-state index contributed by atoms with van der Waals surface area (Å²) in [6, 6.07) is 14.9. The van der Waals surface area contributed by atoms with Crippen LogP contribution in [0, 0.1) is 27.4 Å². The Bertz CT molecular complexity index is 1300. The molecule has 0 bridgehead atoms. The van der Waals surface area contributed by atoms with E-state index in [1.165, 1.54) is 25.3 Å². The summed E-state index contributed by atoms with van der Waals surface area (Å²) in [7, 11) is 1.24. The van der Waals surface area contributed by atoms with Gasteiger partial charge >= 0.3 is 11.9 Å². The van der Waals surface area contributed by atoms with E-state index in [0.29, 0.717) is 29.0 Å². The van der Waals surface area contributed by atoms with Gasteiger partial charge in [0, 0.05) is 29.5 Å². The molecule has 0 amide bonds. The van der Waals surface area contributed by atoms with Crippen LogP contribution in [0.5, 0.6) is 0 Å². The molecule has 0 radical (unpaired) electrons. The zero-order valence-corrected chi connectivity index (χ0v) is 20.1. The molecular formula is C27H25N3O6. The summed E-state index contributed by atoms with van der Waals surface area (Å²) in [6.07, 6.45) is 4.13. The molecular weight excluding hydrogens is 462 g/mol. The SMILES string of the molecule is COC(=O)C1C(C)=NC(C)=C(C(=O)OCCC=Cc2ccc(C#N)cc2)C1c1cccc([N+](=O)[O-])c1. The first-order chi connectivity index (χ1) is 17.3. The molecule has 9 nitrogen and oxygen atoms in total. The Morgan fingerprint density at radius 3 is 2.56 bits per heavy atom. The number of carbonyl (C=O) groups excluding carboxylic acids is 2. The van der Waals surface area contributed by atoms with Crippen LogP contribution in [0.3, 0.4) is 0 Å². The molecule has 1 aliphatic heterocycles. The number of nitrogens with zero attached hydrogens (tertiary/aromatic N) is 3. The van der Waals surface area contributed by atoms with Crippen LogP contribution in [0.25, 0.3) is 6.08 Å². The van der Waals surface area contributed by atoms with Crippen LogP contribution in [0.2, 0.25) is 0 Å². The summed E-state index contributed by atoms with van der Waals surface area (Å²) in [5.41, 5.74) is 2.71. The highest BCUT2D eigenvalue weighted by atomic mass is 16.6. The third-order valence-electron chi connectivity index (χ3n) is 5.81. The maximum absolute atomic E-state index is 13.2. The fraction of sp³-hybridized carbons (Fsp3) is 0.259. The van der Waals surface area contributed by atoms with Crippen molar-refractivity contribution in [2.24, 2.45) is 10.9 Å². The lowest BCUT2D eigenvalue weighted by Crippen LogP contribution is -2.36. The number of ether oxygens (including phenoxy) is 2. The van der Waals surface area contributed by atoms with Gasteiger partial charge in [-0.1, -0.05) is 36.4 Å². The summed E-state index contributed by atoms with van der Waals surface area (Å²) < 4.78 is 10.5. The van der Waals surface area contributed by atoms with Gasteiger partial charge in [0.25, 0.3) is 5.69 Å². The van der Waals surface area contributed by atoms with E-state index in [0.717, 1.165) is 5.56 Å². The minimum Gasteiger partial charge on any atom is -0.468 e. The molecule has 0 aromatic heterocycles. The van der Waals surface area contributed by atoms with Crippen molar-refractivity contribution in [3.05, 3.63) is 92.7 Å². The lowest BCUT2D eigenvalue weighted by atomic mass is 9.75. The minimum atomic E-state index is -0.931. The molecule has 0 N–H and O–H groups in total. The van der Waals surface area contributed by atoms with Gasteiger partial charge in [0.15, 0.2) is 0 Å². The molecule has 3 rings (SSSR count). The van der Waals surface area contributed by atoms with Crippen LogP contribution >= 0.6 is 0 Å². The summed E-state index contributed by atoms with van der Waals surface area (Å²) in [4.78, 5) is 41.1. The molecule has 0 saturated carbocycles. The second-order valence-electron chi connectivity index (χ2n) is 8.14. The smallest absolute Gasteiger partial charge is 0.336 e. The van der Waals surface area contributed by atoms with Gasteiger partial charge in [0.2, 0.25) is 0 Å². The predicted octanol–water partition coefficient (Wildman–Crippen LogP) is 4.73. The number of esters is 2. The molecule has 2 unspecified atom stereocenters. The van der Waals surface area contributed by atoms with Gasteiger partial charge in [-0.15, -0.1) is 0 Å². The van der Waals surface area contributed by atoms with Gasteiger partial charge < -0.3 is 9.47 Å². The highest BCUT2D eigenvalue weighted by molar-refractivity contribution is 6.07. The van der Waals surface area contributed by atoms with E-state index in [1.54, 1.807) is 32.0 Å². The number of nitro benzene ring substituents is 1. The van der Waals surface area contributed by atoms with Gasteiger partial charge in [0.05, 0.1) is 35.8 Å². The summed E-state index contributed by atoms with van der Waals surface area (Å²) in [5, 5.41) is 20.2. The molecule has 184 valence electrons. The highest BCUT2D eigenvalue weighted by Gasteiger charge is 2.42. The van der Waals surface area contributed by atoms with Crippen LogP contribution in [0.1, 0.15) is 42.9 Å². The van der Waals surface area contributed by atoms with E-state index in [9.17, 15) is 19.7 Å². The summed E-state index contributed by atoms with van der Waals surface area (Å²) >= 11 is 0. The third kappa shape index (κ3) is 5.91. The number of hydrogen-bond donors (Lipinski definition) is 0. The number of non-ortho nitro benzene ring substituents is 1. The van der Waals surface area contributed by atoms with Crippen LogP contribution in [-0.2, 0) is 19.1 Å². The van der Waals surface area contributed by atoms with E-state index in [1.807, 2.05) is 24.3 Å². The first-order valence-electron chi connectivity index (χ1n) is 11.2. The Labute approximate surface area is 208 Å².